The summed E-state index contributed by atoms with van der Waals surface area (Å²) in [7, 11) is -3.81. The van der Waals surface area contributed by atoms with Crippen LogP contribution in [0.2, 0.25) is 0 Å². The summed E-state index contributed by atoms with van der Waals surface area (Å²) < 4.78 is 31.7. The molecule has 0 bridgehead atoms. The van der Waals surface area contributed by atoms with E-state index in [9.17, 15) is 8.42 Å². The van der Waals surface area contributed by atoms with Crippen LogP contribution in [0.5, 0.6) is 5.75 Å². The molecular formula is C19H25NO3S. The Bertz CT molecular complexity index is 801. The molecule has 0 atom stereocenters. The third-order valence-corrected chi connectivity index (χ3v) is 5.59. The normalized spacial score (nSPS) is 11.8. The Kier molecular flexibility index (Phi) is 5.67. The van der Waals surface area contributed by atoms with E-state index in [1.54, 1.807) is 26.0 Å². The molecule has 24 heavy (non-hydrogen) atoms. The molecule has 0 heterocycles. The largest absolute Gasteiger partial charge is 0.385 e. The third-order valence-electron chi connectivity index (χ3n) is 4.05. The van der Waals surface area contributed by atoms with Crippen LogP contribution in [0.1, 0.15) is 30.5 Å². The molecule has 0 N–H and O–H groups in total. The van der Waals surface area contributed by atoms with Crippen LogP contribution in [0.4, 0.5) is 0 Å². The van der Waals surface area contributed by atoms with Gasteiger partial charge in [0.25, 0.3) is 0 Å². The Hall–Kier alpha value is -1.85. The van der Waals surface area contributed by atoms with Gasteiger partial charge in [0.05, 0.1) is 0 Å². The molecule has 2 aromatic rings. The van der Waals surface area contributed by atoms with Crippen LogP contribution in [0.25, 0.3) is 11.1 Å². The Morgan fingerprint density at radius 3 is 2.04 bits per heavy atom. The third kappa shape index (κ3) is 3.79. The fraction of sp³-hybridized carbons (Fsp3) is 0.368. The molecule has 0 aromatic heterocycles. The molecule has 2 rings (SSSR count). The summed E-state index contributed by atoms with van der Waals surface area (Å²) in [4.78, 5) is 0. The molecule has 0 saturated carbocycles. The lowest BCUT2D eigenvalue weighted by atomic mass is 9.93. The van der Waals surface area contributed by atoms with Crippen LogP contribution in [0.15, 0.2) is 36.4 Å². The number of hydrogen-bond acceptors (Lipinski definition) is 3. The molecule has 5 heteroatoms. The van der Waals surface area contributed by atoms with Gasteiger partial charge >= 0.3 is 10.3 Å². The molecule has 0 unspecified atom stereocenters. The van der Waals surface area contributed by atoms with E-state index in [4.69, 9.17) is 4.18 Å². The van der Waals surface area contributed by atoms with E-state index in [0.717, 1.165) is 22.3 Å². The highest BCUT2D eigenvalue weighted by Gasteiger charge is 2.23. The number of benzene rings is 2. The smallest absolute Gasteiger partial charge is 0.370 e. The van der Waals surface area contributed by atoms with Crippen molar-refractivity contribution in [1.29, 1.82) is 0 Å². The predicted octanol–water partition coefficient (Wildman–Crippen LogP) is 4.24. The standard InChI is InChI=1S/C19H25NO3S/c1-6-20(7-2)24(21,22)23-18-11-9-8-10-17(18)19-15(4)12-14(3)13-16(19)5/h8-13H,6-7H2,1-5H3. The Balaban J connectivity index is 2.54. The molecule has 0 fully saturated rings. The van der Waals surface area contributed by atoms with Gasteiger partial charge < -0.3 is 4.18 Å². The van der Waals surface area contributed by atoms with Gasteiger partial charge in [0.2, 0.25) is 0 Å². The van der Waals surface area contributed by atoms with Gasteiger partial charge in [-0.15, -0.1) is 0 Å². The van der Waals surface area contributed by atoms with Gasteiger partial charge in [-0.3, -0.25) is 0 Å². The van der Waals surface area contributed by atoms with Gasteiger partial charge in [0.15, 0.2) is 5.75 Å². The minimum absolute atomic E-state index is 0.361. The number of hydrogen-bond donors (Lipinski definition) is 0. The van der Waals surface area contributed by atoms with Gasteiger partial charge in [0.1, 0.15) is 0 Å². The van der Waals surface area contributed by atoms with E-state index in [-0.39, 0.29) is 0 Å². The zero-order valence-electron chi connectivity index (χ0n) is 15.0. The fourth-order valence-corrected chi connectivity index (χ4v) is 4.17. The first-order valence-electron chi connectivity index (χ1n) is 8.17. The van der Waals surface area contributed by atoms with Gasteiger partial charge in [-0.05, 0) is 43.5 Å². The van der Waals surface area contributed by atoms with Crippen LogP contribution in [0, 0.1) is 20.8 Å². The van der Waals surface area contributed by atoms with E-state index in [2.05, 4.69) is 19.1 Å². The lowest BCUT2D eigenvalue weighted by Gasteiger charge is -2.20. The topological polar surface area (TPSA) is 46.6 Å². The number of rotatable bonds is 6. The van der Waals surface area contributed by atoms with E-state index >= 15 is 0 Å². The van der Waals surface area contributed by atoms with Crippen molar-refractivity contribution in [3.05, 3.63) is 53.1 Å². The van der Waals surface area contributed by atoms with Crippen molar-refractivity contribution < 1.29 is 12.6 Å². The summed E-state index contributed by atoms with van der Waals surface area (Å²) in [6.07, 6.45) is 0. The minimum Gasteiger partial charge on any atom is -0.370 e. The number of para-hydroxylation sites is 1. The summed E-state index contributed by atoms with van der Waals surface area (Å²) >= 11 is 0. The summed E-state index contributed by atoms with van der Waals surface area (Å²) in [5.74, 6) is 0.361. The van der Waals surface area contributed by atoms with E-state index in [1.807, 2.05) is 26.0 Å². The van der Waals surface area contributed by atoms with Crippen LogP contribution >= 0.6 is 0 Å². The highest BCUT2D eigenvalue weighted by molar-refractivity contribution is 7.84. The monoisotopic (exact) mass is 347 g/mol. The van der Waals surface area contributed by atoms with Gasteiger partial charge in [-0.25, -0.2) is 0 Å². The maximum absolute atomic E-state index is 12.5. The molecule has 0 aliphatic heterocycles. The molecule has 0 aliphatic rings. The van der Waals surface area contributed by atoms with Crippen LogP contribution in [-0.2, 0) is 10.3 Å². The summed E-state index contributed by atoms with van der Waals surface area (Å²) in [6, 6.07) is 11.5. The van der Waals surface area contributed by atoms with Crippen LogP contribution in [-0.4, -0.2) is 25.8 Å². The fourth-order valence-electron chi connectivity index (χ4n) is 3.06. The maximum Gasteiger partial charge on any atom is 0.385 e. The van der Waals surface area contributed by atoms with Crippen molar-refractivity contribution in [3.63, 3.8) is 0 Å². The highest BCUT2D eigenvalue weighted by atomic mass is 32.2. The Morgan fingerprint density at radius 2 is 1.50 bits per heavy atom. The second kappa shape index (κ2) is 7.36. The second-order valence-electron chi connectivity index (χ2n) is 5.90. The number of aryl methyl sites for hydroxylation is 3. The van der Waals surface area contributed by atoms with E-state index in [0.29, 0.717) is 18.8 Å². The Labute approximate surface area is 145 Å². The second-order valence-corrected chi connectivity index (χ2v) is 7.43. The maximum atomic E-state index is 12.5. The minimum atomic E-state index is -3.81. The van der Waals surface area contributed by atoms with Gasteiger partial charge in [0, 0.05) is 18.7 Å². The SMILES string of the molecule is CCN(CC)S(=O)(=O)Oc1ccccc1-c1c(C)cc(C)cc1C. The number of nitrogens with zero attached hydrogens (tertiary/aromatic N) is 1. The van der Waals surface area contributed by atoms with Crippen LogP contribution in [0.3, 0.4) is 0 Å². The quantitative estimate of drug-likeness (QED) is 0.785. The first kappa shape index (κ1) is 18.5. The van der Waals surface area contributed by atoms with E-state index < -0.39 is 10.3 Å². The molecule has 0 radical (unpaired) electrons. The molecule has 0 spiro atoms. The highest BCUT2D eigenvalue weighted by Crippen LogP contribution is 2.36. The summed E-state index contributed by atoms with van der Waals surface area (Å²) in [5, 5.41) is 0. The van der Waals surface area contributed by atoms with Crippen molar-refractivity contribution in [2.45, 2.75) is 34.6 Å². The summed E-state index contributed by atoms with van der Waals surface area (Å²) in [6.45, 7) is 10.5. The molecule has 130 valence electrons. The molecule has 0 amide bonds. The Morgan fingerprint density at radius 1 is 0.958 bits per heavy atom. The predicted molar refractivity (Wildman–Crippen MR) is 98.6 cm³/mol. The van der Waals surface area contributed by atoms with Crippen molar-refractivity contribution in [2.75, 3.05) is 13.1 Å². The zero-order valence-corrected chi connectivity index (χ0v) is 15.8. The van der Waals surface area contributed by atoms with Crippen molar-refractivity contribution in [2.24, 2.45) is 0 Å². The zero-order chi connectivity index (χ0) is 17.9. The van der Waals surface area contributed by atoms with Gasteiger partial charge in [-0.2, -0.15) is 12.7 Å². The first-order valence-corrected chi connectivity index (χ1v) is 9.53. The molecular weight excluding hydrogens is 322 g/mol. The van der Waals surface area contributed by atoms with Gasteiger partial charge in [-0.1, -0.05) is 49.7 Å². The first-order chi connectivity index (χ1) is 11.3. The lowest BCUT2D eigenvalue weighted by Crippen LogP contribution is -2.34. The average Bonchev–Trinajstić information content (AvgIpc) is 2.48. The van der Waals surface area contributed by atoms with Crippen molar-refractivity contribution in [1.82, 2.24) is 4.31 Å². The molecule has 4 nitrogen and oxygen atoms in total. The van der Waals surface area contributed by atoms with E-state index in [1.165, 1.54) is 9.87 Å². The van der Waals surface area contributed by atoms with Crippen LogP contribution < -0.4 is 4.18 Å². The lowest BCUT2D eigenvalue weighted by molar-refractivity contribution is 0.376. The molecule has 0 saturated heterocycles. The molecule has 2 aromatic carbocycles. The van der Waals surface area contributed by atoms with Crippen molar-refractivity contribution in [3.8, 4) is 16.9 Å². The average molecular weight is 347 g/mol. The molecule has 0 aliphatic carbocycles. The summed E-state index contributed by atoms with van der Waals surface area (Å²) in [5.41, 5.74) is 5.20. The van der Waals surface area contributed by atoms with Crippen molar-refractivity contribution >= 4 is 10.3 Å².